The van der Waals surface area contributed by atoms with E-state index in [-0.39, 0.29) is 35.9 Å². The van der Waals surface area contributed by atoms with Crippen molar-refractivity contribution in [1.82, 2.24) is 5.32 Å². The molecule has 0 aromatic heterocycles. The first-order valence-corrected chi connectivity index (χ1v) is 8.19. The fourth-order valence-corrected chi connectivity index (χ4v) is 2.95. The highest BCUT2D eigenvalue weighted by Gasteiger charge is 2.37. The van der Waals surface area contributed by atoms with Gasteiger partial charge in [-0.3, -0.25) is 4.79 Å². The maximum atomic E-state index is 13.2. The van der Waals surface area contributed by atoms with Crippen LogP contribution in [0.3, 0.4) is 0 Å². The Hall–Kier alpha value is -1.92. The van der Waals surface area contributed by atoms with E-state index in [0.717, 1.165) is 5.56 Å². The van der Waals surface area contributed by atoms with Gasteiger partial charge in [-0.1, -0.05) is 12.1 Å². The summed E-state index contributed by atoms with van der Waals surface area (Å²) in [5.74, 6) is -0.668. The Bertz CT molecular complexity index is 573. The number of allylic oxidation sites excluding steroid dienone is 1. The number of hydrogen-bond acceptors (Lipinski definition) is 4. The van der Waals surface area contributed by atoms with E-state index in [1.54, 1.807) is 18.2 Å². The highest BCUT2D eigenvalue weighted by molar-refractivity contribution is 5.91. The third kappa shape index (κ3) is 4.33. The van der Waals surface area contributed by atoms with Crippen LogP contribution < -0.4 is 5.32 Å². The van der Waals surface area contributed by atoms with Crippen LogP contribution in [0.15, 0.2) is 36.1 Å². The lowest BCUT2D eigenvalue weighted by atomic mass is 9.80. The van der Waals surface area contributed by atoms with Gasteiger partial charge in [0.2, 0.25) is 6.29 Å². The van der Waals surface area contributed by atoms with Crippen LogP contribution in [-0.4, -0.2) is 37.6 Å². The molecule has 5 nitrogen and oxygen atoms in total. The average Bonchev–Trinajstić information content (AvgIpc) is 2.60. The molecule has 1 aromatic carbocycles. The molecule has 0 saturated heterocycles. The molecule has 0 radical (unpaired) electrons. The maximum absolute atomic E-state index is 13.2. The summed E-state index contributed by atoms with van der Waals surface area (Å²) in [7, 11) is 1.53. The lowest BCUT2D eigenvalue weighted by molar-refractivity contribution is -0.166. The predicted molar refractivity (Wildman–Crippen MR) is 87.6 cm³/mol. The van der Waals surface area contributed by atoms with E-state index in [1.165, 1.54) is 19.2 Å². The highest BCUT2D eigenvalue weighted by atomic mass is 19.1. The second-order valence-corrected chi connectivity index (χ2v) is 5.66. The number of ether oxygens (including phenoxy) is 2. The molecule has 24 heavy (non-hydrogen) atoms. The Balaban J connectivity index is 2.39. The average molecular weight is 337 g/mol. The van der Waals surface area contributed by atoms with Gasteiger partial charge in [0.1, 0.15) is 5.82 Å². The summed E-state index contributed by atoms with van der Waals surface area (Å²) < 4.78 is 24.7. The maximum Gasteiger partial charge on any atom is 0.285 e. The number of aliphatic hydroxyl groups excluding tert-OH is 1. The first kappa shape index (κ1) is 18.4. The van der Waals surface area contributed by atoms with Gasteiger partial charge in [-0.2, -0.15) is 0 Å². The molecule has 0 unspecified atom stereocenters. The fourth-order valence-electron chi connectivity index (χ4n) is 2.95. The van der Waals surface area contributed by atoms with Crippen LogP contribution in [0, 0.1) is 11.7 Å². The minimum atomic E-state index is -0.589. The molecule has 6 heteroatoms. The first-order valence-electron chi connectivity index (χ1n) is 8.19. The number of halogens is 1. The number of rotatable bonds is 7. The molecule has 2 rings (SSSR count). The smallest absolute Gasteiger partial charge is 0.285 e. The number of benzene rings is 1. The van der Waals surface area contributed by atoms with Crippen molar-refractivity contribution in [2.75, 3.05) is 20.3 Å². The Morgan fingerprint density at radius 1 is 1.38 bits per heavy atom. The molecule has 0 bridgehead atoms. The van der Waals surface area contributed by atoms with E-state index in [2.05, 4.69) is 5.32 Å². The number of carbonyl (C=O) groups excluding carboxylic acids is 1. The van der Waals surface area contributed by atoms with Gasteiger partial charge in [-0.05, 0) is 43.5 Å². The van der Waals surface area contributed by atoms with Crippen LogP contribution in [0.1, 0.15) is 31.2 Å². The molecule has 1 aliphatic heterocycles. The Labute approximate surface area is 141 Å². The molecule has 0 fully saturated rings. The predicted octanol–water partition coefficient (Wildman–Crippen LogP) is 2.32. The minimum absolute atomic E-state index is 0.0670. The van der Waals surface area contributed by atoms with Crippen molar-refractivity contribution in [1.29, 1.82) is 0 Å². The van der Waals surface area contributed by atoms with Crippen LogP contribution in [0.25, 0.3) is 0 Å². The molecular weight excluding hydrogens is 313 g/mol. The minimum Gasteiger partial charge on any atom is -0.459 e. The quantitative estimate of drug-likeness (QED) is 0.801. The van der Waals surface area contributed by atoms with Crippen LogP contribution in [0.2, 0.25) is 0 Å². The zero-order valence-corrected chi connectivity index (χ0v) is 14.0. The summed E-state index contributed by atoms with van der Waals surface area (Å²) in [6, 6.07) is 6.21. The van der Waals surface area contributed by atoms with Crippen LogP contribution >= 0.6 is 0 Å². The summed E-state index contributed by atoms with van der Waals surface area (Å²) in [4.78, 5) is 12.0. The topological polar surface area (TPSA) is 67.8 Å². The van der Waals surface area contributed by atoms with E-state index in [0.29, 0.717) is 19.4 Å². The molecule has 0 spiro atoms. The number of nitrogens with one attached hydrogen (secondary N) is 1. The SMILES string of the molecule is CCO[C@@H]1OC(C(=O)NC)=C[C@H](c2ccc(F)cc2)[C@@H]1CCCO. The summed E-state index contributed by atoms with van der Waals surface area (Å²) in [6.45, 7) is 2.37. The Morgan fingerprint density at radius 3 is 2.67 bits per heavy atom. The number of carbonyl (C=O) groups is 1. The second kappa shape index (κ2) is 8.80. The van der Waals surface area contributed by atoms with Gasteiger partial charge in [-0.25, -0.2) is 4.39 Å². The van der Waals surface area contributed by atoms with Gasteiger partial charge in [0.25, 0.3) is 5.91 Å². The molecule has 1 amide bonds. The summed E-state index contributed by atoms with van der Waals surface area (Å²) in [5.41, 5.74) is 0.883. The van der Waals surface area contributed by atoms with E-state index < -0.39 is 6.29 Å². The Kier molecular flexibility index (Phi) is 6.75. The van der Waals surface area contributed by atoms with Gasteiger partial charge in [0.15, 0.2) is 5.76 Å². The molecule has 2 N–H and O–H groups in total. The molecule has 1 aliphatic rings. The standard InChI is InChI=1S/C18H24FNO4/c1-3-23-18-14(5-4-10-21)15(11-16(24-18)17(22)20-2)12-6-8-13(19)9-7-12/h6-9,11,14-15,18,21H,3-5,10H2,1-2H3,(H,20,22)/t14-,15+,18+/m0/s1. The third-order valence-corrected chi connectivity index (χ3v) is 4.12. The van der Waals surface area contributed by atoms with Crippen molar-refractivity contribution in [3.8, 4) is 0 Å². The van der Waals surface area contributed by atoms with E-state index in [1.807, 2.05) is 6.92 Å². The van der Waals surface area contributed by atoms with Gasteiger partial charge < -0.3 is 19.9 Å². The van der Waals surface area contributed by atoms with Crippen molar-refractivity contribution in [3.63, 3.8) is 0 Å². The third-order valence-electron chi connectivity index (χ3n) is 4.12. The van der Waals surface area contributed by atoms with Gasteiger partial charge in [0, 0.05) is 32.1 Å². The summed E-state index contributed by atoms with van der Waals surface area (Å²) in [5, 5.41) is 11.7. The van der Waals surface area contributed by atoms with E-state index >= 15 is 0 Å². The molecule has 3 atom stereocenters. The van der Waals surface area contributed by atoms with Crippen LogP contribution in [0.5, 0.6) is 0 Å². The van der Waals surface area contributed by atoms with Crippen molar-refractivity contribution >= 4 is 5.91 Å². The second-order valence-electron chi connectivity index (χ2n) is 5.66. The number of hydrogen-bond donors (Lipinski definition) is 2. The van der Waals surface area contributed by atoms with Gasteiger partial charge >= 0.3 is 0 Å². The Morgan fingerprint density at radius 2 is 2.08 bits per heavy atom. The van der Waals surface area contributed by atoms with Gasteiger partial charge in [-0.15, -0.1) is 0 Å². The van der Waals surface area contributed by atoms with Crippen molar-refractivity contribution < 1.29 is 23.8 Å². The normalized spacial score (nSPS) is 23.3. The number of aliphatic hydroxyl groups is 1. The lowest BCUT2D eigenvalue weighted by Gasteiger charge is -2.37. The zero-order chi connectivity index (χ0) is 17.5. The van der Waals surface area contributed by atoms with Crippen LogP contribution in [-0.2, 0) is 14.3 Å². The largest absolute Gasteiger partial charge is 0.459 e. The van der Waals surface area contributed by atoms with E-state index in [9.17, 15) is 14.3 Å². The number of likely N-dealkylation sites (N-methyl/N-ethyl adjacent to an activating group) is 1. The van der Waals surface area contributed by atoms with Gasteiger partial charge in [0.05, 0.1) is 0 Å². The number of amides is 1. The molecule has 0 aliphatic carbocycles. The monoisotopic (exact) mass is 337 g/mol. The van der Waals surface area contributed by atoms with Crippen molar-refractivity contribution in [3.05, 3.63) is 47.5 Å². The molecule has 132 valence electrons. The molecule has 1 heterocycles. The zero-order valence-electron chi connectivity index (χ0n) is 14.0. The molecule has 1 aromatic rings. The fraction of sp³-hybridized carbons (Fsp3) is 0.500. The van der Waals surface area contributed by atoms with E-state index in [4.69, 9.17) is 9.47 Å². The first-order chi connectivity index (χ1) is 11.6. The van der Waals surface area contributed by atoms with Crippen molar-refractivity contribution in [2.45, 2.75) is 32.0 Å². The summed E-state index contributed by atoms with van der Waals surface area (Å²) in [6.07, 6.45) is 2.43. The highest BCUT2D eigenvalue weighted by Crippen LogP contribution is 2.39. The van der Waals surface area contributed by atoms with Crippen LogP contribution in [0.4, 0.5) is 4.39 Å². The molecular formula is C18H24FNO4. The summed E-state index contributed by atoms with van der Waals surface area (Å²) >= 11 is 0. The lowest BCUT2D eigenvalue weighted by Crippen LogP contribution is -2.38. The van der Waals surface area contributed by atoms with Crippen molar-refractivity contribution in [2.24, 2.45) is 5.92 Å². The molecule has 0 saturated carbocycles.